The number of amides is 1. The lowest BCUT2D eigenvalue weighted by molar-refractivity contribution is -0.141. The highest BCUT2D eigenvalue weighted by Crippen LogP contribution is 2.40. The first kappa shape index (κ1) is 29.7. The number of ether oxygens (including phenoxy) is 4. The Labute approximate surface area is 250 Å². The summed E-state index contributed by atoms with van der Waals surface area (Å²) in [5.41, 5.74) is 1.60. The molecule has 13 heteroatoms. The fourth-order valence-corrected chi connectivity index (χ4v) is 7.36. The maximum Gasteiger partial charge on any atom is 0.243 e. The molecule has 9 nitrogen and oxygen atoms in total. The van der Waals surface area contributed by atoms with Gasteiger partial charge in [-0.15, -0.1) is 0 Å². The lowest BCUT2D eigenvalue weighted by Crippen LogP contribution is -2.26. The van der Waals surface area contributed by atoms with E-state index in [1.165, 1.54) is 18.5 Å². The Morgan fingerprint density at radius 2 is 2.10 bits per heavy atom. The molecule has 2 saturated heterocycles. The molecule has 41 heavy (non-hydrogen) atoms. The molecular weight excluding hydrogens is 591 g/mol. The first-order valence-corrected chi connectivity index (χ1v) is 15.8. The van der Waals surface area contributed by atoms with Crippen LogP contribution >= 0.6 is 33.2 Å². The van der Waals surface area contributed by atoms with E-state index in [9.17, 15) is 9.18 Å². The molecule has 1 aromatic heterocycles. The van der Waals surface area contributed by atoms with E-state index in [1.54, 1.807) is 51.9 Å². The number of nitrogens with one attached hydrogen (secondary N) is 2. The minimum absolute atomic E-state index is 0.159. The molecule has 1 amide bonds. The first-order valence-electron chi connectivity index (χ1n) is 13.1. The van der Waals surface area contributed by atoms with Crippen LogP contribution in [0.5, 0.6) is 11.6 Å². The normalized spacial score (nSPS) is 19.6. The molecule has 2 aliphatic rings. The van der Waals surface area contributed by atoms with E-state index < -0.39 is 5.79 Å². The van der Waals surface area contributed by atoms with Crippen LogP contribution in [0.2, 0.25) is 5.02 Å². The number of carbonyl (C=O) groups excluding carboxylic acids is 1. The van der Waals surface area contributed by atoms with Gasteiger partial charge in [0.25, 0.3) is 0 Å². The van der Waals surface area contributed by atoms with Crippen LogP contribution in [0.15, 0.2) is 48.8 Å². The standard InChI is InChI=1S/C28H30ClFN4O5S2/c1-28(2)38-15-20(39-28)14-37-27-25(34-24(35)12-21-8-9-40-41-21)26(31-16-32-27)33-19-6-7-23(22(29)11-19)36-13-17-4-3-5-18(30)10-17/h3-7,10-11,16,20-21H,8-9,12-15H2,1-2H3,(H,34,35)(H,31,32,33)/t20-,21+/m1/s1. The molecule has 218 valence electrons. The van der Waals surface area contributed by atoms with Crippen LogP contribution in [-0.2, 0) is 20.9 Å². The summed E-state index contributed by atoms with van der Waals surface area (Å²) in [6.07, 6.45) is 2.40. The number of hydrogen-bond donors (Lipinski definition) is 2. The summed E-state index contributed by atoms with van der Waals surface area (Å²) in [6.45, 7) is 4.41. The SMILES string of the molecule is CC1(C)OC[C@@H](COc2ncnc(Nc3ccc(OCc4cccc(F)c4)c(Cl)c3)c2NC(=O)C[C@@H]2CCSS2)O1. The Balaban J connectivity index is 1.31. The van der Waals surface area contributed by atoms with Crippen molar-refractivity contribution in [3.8, 4) is 11.6 Å². The van der Waals surface area contributed by atoms with E-state index in [2.05, 4.69) is 20.6 Å². The molecule has 5 rings (SSSR count). The van der Waals surface area contributed by atoms with Crippen LogP contribution in [0.1, 0.15) is 32.3 Å². The average molecular weight is 621 g/mol. The molecule has 2 atom stereocenters. The van der Waals surface area contributed by atoms with Crippen LogP contribution in [0.25, 0.3) is 0 Å². The van der Waals surface area contributed by atoms with E-state index in [0.29, 0.717) is 46.6 Å². The van der Waals surface area contributed by atoms with Crippen molar-refractivity contribution in [2.24, 2.45) is 0 Å². The van der Waals surface area contributed by atoms with Gasteiger partial charge in [0, 0.05) is 23.1 Å². The second-order valence-corrected chi connectivity index (χ2v) is 13.1. The predicted octanol–water partition coefficient (Wildman–Crippen LogP) is 6.60. The lowest BCUT2D eigenvalue weighted by Gasteiger charge is -2.19. The van der Waals surface area contributed by atoms with E-state index in [0.717, 1.165) is 12.2 Å². The molecular formula is C28H30ClFN4O5S2. The number of aromatic nitrogens is 2. The van der Waals surface area contributed by atoms with E-state index in [1.807, 2.05) is 13.8 Å². The zero-order chi connectivity index (χ0) is 28.8. The van der Waals surface area contributed by atoms with Crippen molar-refractivity contribution >= 4 is 56.3 Å². The highest BCUT2D eigenvalue weighted by Gasteiger charge is 2.33. The maximum atomic E-state index is 13.5. The van der Waals surface area contributed by atoms with E-state index in [-0.39, 0.29) is 42.2 Å². The van der Waals surface area contributed by atoms with Crippen molar-refractivity contribution in [2.75, 3.05) is 29.6 Å². The number of carbonyl (C=O) groups is 1. The minimum atomic E-state index is -0.688. The number of nitrogens with zero attached hydrogens (tertiary/aromatic N) is 2. The van der Waals surface area contributed by atoms with Crippen molar-refractivity contribution < 1.29 is 28.1 Å². The maximum absolute atomic E-state index is 13.5. The van der Waals surface area contributed by atoms with Gasteiger partial charge < -0.3 is 29.6 Å². The fraction of sp³-hybridized carbons (Fsp3) is 0.393. The predicted molar refractivity (Wildman–Crippen MR) is 160 cm³/mol. The third-order valence-corrected chi connectivity index (χ3v) is 9.40. The van der Waals surface area contributed by atoms with Crippen LogP contribution in [0.3, 0.4) is 0 Å². The molecule has 2 aliphatic heterocycles. The first-order chi connectivity index (χ1) is 19.7. The molecule has 0 saturated carbocycles. The smallest absolute Gasteiger partial charge is 0.243 e. The Bertz CT molecular complexity index is 1380. The molecule has 0 unspecified atom stereocenters. The van der Waals surface area contributed by atoms with Crippen molar-refractivity contribution in [3.05, 3.63) is 65.2 Å². The highest BCUT2D eigenvalue weighted by atomic mass is 35.5. The molecule has 0 aliphatic carbocycles. The Morgan fingerprint density at radius 1 is 1.22 bits per heavy atom. The summed E-state index contributed by atoms with van der Waals surface area (Å²) in [4.78, 5) is 21.7. The van der Waals surface area contributed by atoms with Gasteiger partial charge in [-0.2, -0.15) is 4.98 Å². The van der Waals surface area contributed by atoms with Gasteiger partial charge >= 0.3 is 0 Å². The van der Waals surface area contributed by atoms with Gasteiger partial charge in [0.1, 0.15) is 42.9 Å². The number of benzene rings is 2. The van der Waals surface area contributed by atoms with Gasteiger partial charge in [0.15, 0.2) is 11.6 Å². The highest BCUT2D eigenvalue weighted by molar-refractivity contribution is 8.77. The van der Waals surface area contributed by atoms with Gasteiger partial charge in [-0.3, -0.25) is 4.79 Å². The number of rotatable bonds is 11. The van der Waals surface area contributed by atoms with E-state index >= 15 is 0 Å². The molecule has 0 radical (unpaired) electrons. The second-order valence-electron chi connectivity index (χ2n) is 9.93. The molecule has 3 aromatic rings. The molecule has 3 heterocycles. The van der Waals surface area contributed by atoms with Gasteiger partial charge in [0.2, 0.25) is 11.8 Å². The molecule has 0 spiro atoms. The van der Waals surface area contributed by atoms with Crippen LogP contribution in [0.4, 0.5) is 21.6 Å². The van der Waals surface area contributed by atoms with Crippen molar-refractivity contribution in [2.45, 2.75) is 50.4 Å². The number of anilines is 3. The minimum Gasteiger partial charge on any atom is -0.487 e. The summed E-state index contributed by atoms with van der Waals surface area (Å²) >= 11 is 6.49. The van der Waals surface area contributed by atoms with E-state index in [4.69, 9.17) is 30.5 Å². The zero-order valence-corrected chi connectivity index (χ0v) is 24.9. The van der Waals surface area contributed by atoms with Crippen molar-refractivity contribution in [1.29, 1.82) is 0 Å². The quantitative estimate of drug-likeness (QED) is 0.228. The monoisotopic (exact) mass is 620 g/mol. The third-order valence-electron chi connectivity index (χ3n) is 6.17. The molecule has 2 N–H and O–H groups in total. The summed E-state index contributed by atoms with van der Waals surface area (Å²) in [5, 5.41) is 6.75. The average Bonchev–Trinajstić information content (AvgIpc) is 3.57. The van der Waals surface area contributed by atoms with Crippen LogP contribution in [0, 0.1) is 5.82 Å². The zero-order valence-electron chi connectivity index (χ0n) is 22.5. The Morgan fingerprint density at radius 3 is 2.83 bits per heavy atom. The van der Waals surface area contributed by atoms with Crippen molar-refractivity contribution in [1.82, 2.24) is 9.97 Å². The molecule has 2 fully saturated rings. The second kappa shape index (κ2) is 13.5. The van der Waals surface area contributed by atoms with Gasteiger partial charge in [-0.1, -0.05) is 45.3 Å². The molecule has 2 aromatic carbocycles. The lowest BCUT2D eigenvalue weighted by atomic mass is 10.2. The largest absolute Gasteiger partial charge is 0.487 e. The van der Waals surface area contributed by atoms with Gasteiger partial charge in [0.05, 0.1) is 11.6 Å². The summed E-state index contributed by atoms with van der Waals surface area (Å²) in [5.74, 6) is 0.836. The number of hydrogen-bond acceptors (Lipinski definition) is 10. The summed E-state index contributed by atoms with van der Waals surface area (Å²) < 4.78 is 36.7. The van der Waals surface area contributed by atoms with Crippen LogP contribution < -0.4 is 20.1 Å². The fourth-order valence-electron chi connectivity index (χ4n) is 4.23. The number of halogens is 2. The summed E-state index contributed by atoms with van der Waals surface area (Å²) in [6, 6.07) is 11.3. The Kier molecular flexibility index (Phi) is 9.76. The summed E-state index contributed by atoms with van der Waals surface area (Å²) in [7, 11) is 3.50. The van der Waals surface area contributed by atoms with Crippen molar-refractivity contribution in [3.63, 3.8) is 0 Å². The molecule has 0 bridgehead atoms. The topological polar surface area (TPSA) is 104 Å². The van der Waals surface area contributed by atoms with Gasteiger partial charge in [-0.05, 0) is 56.2 Å². The van der Waals surface area contributed by atoms with Gasteiger partial charge in [-0.25, -0.2) is 9.37 Å². The third kappa shape index (κ3) is 8.39. The van der Waals surface area contributed by atoms with Crippen LogP contribution in [-0.4, -0.2) is 52.0 Å². The Hall–Kier alpha value is -2.77.